The molecule has 0 amide bonds. The van der Waals surface area contributed by atoms with E-state index in [9.17, 15) is 0 Å². The van der Waals surface area contributed by atoms with Gasteiger partial charge in [-0.3, -0.25) is 0 Å². The Morgan fingerprint density at radius 3 is 1.23 bits per heavy atom. The molecule has 0 aromatic heterocycles. The lowest BCUT2D eigenvalue weighted by molar-refractivity contribution is 0.321. The predicted molar refractivity (Wildman–Crippen MR) is 59.8 cm³/mol. The third-order valence-corrected chi connectivity index (χ3v) is 3.70. The zero-order valence-electron chi connectivity index (χ0n) is 9.68. The lowest BCUT2D eigenvalue weighted by Gasteiger charge is -2.21. The van der Waals surface area contributed by atoms with Gasteiger partial charge < -0.3 is 0 Å². The highest BCUT2D eigenvalue weighted by Gasteiger charge is 2.12. The van der Waals surface area contributed by atoms with E-state index in [1.807, 2.05) is 0 Å². The van der Waals surface area contributed by atoms with Crippen molar-refractivity contribution in [3.63, 3.8) is 0 Å². The normalized spacial score (nSPS) is 38.5. The van der Waals surface area contributed by atoms with Crippen molar-refractivity contribution in [1.29, 1.82) is 0 Å². The molecule has 1 rings (SSSR count). The van der Waals surface area contributed by atoms with Gasteiger partial charge in [0.15, 0.2) is 0 Å². The van der Waals surface area contributed by atoms with E-state index in [-0.39, 0.29) is 0 Å². The van der Waals surface area contributed by atoms with Crippen LogP contribution in [0.15, 0.2) is 0 Å². The van der Waals surface area contributed by atoms with E-state index in [2.05, 4.69) is 20.8 Å². The minimum Gasteiger partial charge on any atom is -0.0625 e. The molecule has 0 spiro atoms. The topological polar surface area (TPSA) is 0 Å². The molecule has 78 valence electrons. The van der Waals surface area contributed by atoms with Crippen LogP contribution in [-0.2, 0) is 0 Å². The average molecular weight is 182 g/mol. The minimum absolute atomic E-state index is 0.975. The van der Waals surface area contributed by atoms with Crippen LogP contribution < -0.4 is 0 Å². The SMILES string of the molecule is CC1CCCC(C)CCC(C)CC1. The van der Waals surface area contributed by atoms with Crippen molar-refractivity contribution in [3.05, 3.63) is 0 Å². The second-order valence-electron chi connectivity index (χ2n) is 5.40. The Hall–Kier alpha value is 0. The third-order valence-electron chi connectivity index (χ3n) is 3.70. The van der Waals surface area contributed by atoms with Crippen LogP contribution in [0.2, 0.25) is 0 Å². The van der Waals surface area contributed by atoms with Crippen LogP contribution in [0.25, 0.3) is 0 Å². The summed E-state index contributed by atoms with van der Waals surface area (Å²) in [7, 11) is 0. The summed E-state index contributed by atoms with van der Waals surface area (Å²) in [5.74, 6) is 2.93. The molecule has 0 radical (unpaired) electrons. The Balaban J connectivity index is 2.32. The van der Waals surface area contributed by atoms with E-state index in [0.29, 0.717) is 0 Å². The van der Waals surface area contributed by atoms with E-state index in [1.54, 1.807) is 0 Å². The monoisotopic (exact) mass is 182 g/mol. The quantitative estimate of drug-likeness (QED) is 0.512. The molecule has 0 saturated heterocycles. The van der Waals surface area contributed by atoms with Gasteiger partial charge in [-0.1, -0.05) is 65.7 Å². The van der Waals surface area contributed by atoms with Crippen LogP contribution in [0.1, 0.15) is 65.7 Å². The maximum absolute atomic E-state index is 2.43. The highest BCUT2D eigenvalue weighted by Crippen LogP contribution is 2.26. The Morgan fingerprint density at radius 1 is 0.538 bits per heavy atom. The van der Waals surface area contributed by atoms with Gasteiger partial charge >= 0.3 is 0 Å². The molecule has 0 heteroatoms. The Bertz CT molecular complexity index is 114. The molecule has 1 fully saturated rings. The molecule has 1 saturated carbocycles. The number of rotatable bonds is 0. The van der Waals surface area contributed by atoms with E-state index in [0.717, 1.165) is 17.8 Å². The van der Waals surface area contributed by atoms with Gasteiger partial charge in [-0.05, 0) is 17.8 Å². The third kappa shape index (κ3) is 4.69. The van der Waals surface area contributed by atoms with Crippen LogP contribution in [0.4, 0.5) is 0 Å². The molecule has 0 heterocycles. The van der Waals surface area contributed by atoms with E-state index in [1.165, 1.54) is 44.9 Å². The van der Waals surface area contributed by atoms with Crippen LogP contribution in [0.5, 0.6) is 0 Å². The van der Waals surface area contributed by atoms with Crippen LogP contribution in [0, 0.1) is 17.8 Å². The molecule has 1 aliphatic carbocycles. The first-order valence-electron chi connectivity index (χ1n) is 6.18. The molecule has 0 aromatic rings. The molecule has 0 nitrogen and oxygen atoms in total. The Labute approximate surface area is 84.1 Å². The summed E-state index contributed by atoms with van der Waals surface area (Å²) in [6, 6.07) is 0. The minimum atomic E-state index is 0.975. The van der Waals surface area contributed by atoms with Gasteiger partial charge in [0.05, 0.1) is 0 Å². The number of hydrogen-bond donors (Lipinski definition) is 0. The second-order valence-corrected chi connectivity index (χ2v) is 5.40. The van der Waals surface area contributed by atoms with Crippen molar-refractivity contribution in [3.8, 4) is 0 Å². The molecule has 0 bridgehead atoms. The Morgan fingerprint density at radius 2 is 0.846 bits per heavy atom. The molecular weight excluding hydrogens is 156 g/mol. The van der Waals surface area contributed by atoms with Crippen molar-refractivity contribution >= 4 is 0 Å². The van der Waals surface area contributed by atoms with Crippen molar-refractivity contribution < 1.29 is 0 Å². The van der Waals surface area contributed by atoms with Gasteiger partial charge in [-0.15, -0.1) is 0 Å². The molecule has 0 aliphatic heterocycles. The van der Waals surface area contributed by atoms with Gasteiger partial charge in [0.2, 0.25) is 0 Å². The molecular formula is C13H26. The van der Waals surface area contributed by atoms with Gasteiger partial charge in [-0.25, -0.2) is 0 Å². The van der Waals surface area contributed by atoms with Crippen LogP contribution in [-0.4, -0.2) is 0 Å². The fourth-order valence-corrected chi connectivity index (χ4v) is 2.39. The highest BCUT2D eigenvalue weighted by molar-refractivity contribution is 4.65. The van der Waals surface area contributed by atoms with Crippen molar-refractivity contribution in [2.75, 3.05) is 0 Å². The predicted octanol–water partition coefficient (Wildman–Crippen LogP) is 4.64. The van der Waals surface area contributed by atoms with Gasteiger partial charge in [-0.2, -0.15) is 0 Å². The fraction of sp³-hybridized carbons (Fsp3) is 1.00. The first kappa shape index (κ1) is 11.1. The van der Waals surface area contributed by atoms with E-state index in [4.69, 9.17) is 0 Å². The molecule has 0 N–H and O–H groups in total. The summed E-state index contributed by atoms with van der Waals surface area (Å²) in [6.07, 6.45) is 10.3. The molecule has 2 atom stereocenters. The van der Waals surface area contributed by atoms with Crippen LogP contribution in [0.3, 0.4) is 0 Å². The van der Waals surface area contributed by atoms with Gasteiger partial charge in [0.1, 0.15) is 0 Å². The van der Waals surface area contributed by atoms with E-state index < -0.39 is 0 Å². The molecule has 1 aliphatic rings. The van der Waals surface area contributed by atoms with Crippen LogP contribution >= 0.6 is 0 Å². The smallest absolute Gasteiger partial charge is 0.0443 e. The highest BCUT2D eigenvalue weighted by atomic mass is 14.2. The zero-order valence-corrected chi connectivity index (χ0v) is 9.68. The summed E-state index contributed by atoms with van der Waals surface area (Å²) in [6.45, 7) is 7.29. The van der Waals surface area contributed by atoms with Gasteiger partial charge in [0, 0.05) is 0 Å². The summed E-state index contributed by atoms with van der Waals surface area (Å²) >= 11 is 0. The Kier molecular flexibility index (Phi) is 4.83. The summed E-state index contributed by atoms with van der Waals surface area (Å²) in [5, 5.41) is 0. The molecule has 0 aromatic carbocycles. The molecule has 2 unspecified atom stereocenters. The number of hydrogen-bond acceptors (Lipinski definition) is 0. The van der Waals surface area contributed by atoms with Crippen molar-refractivity contribution in [2.24, 2.45) is 17.8 Å². The van der Waals surface area contributed by atoms with Crippen molar-refractivity contribution in [2.45, 2.75) is 65.7 Å². The van der Waals surface area contributed by atoms with Crippen molar-refractivity contribution in [1.82, 2.24) is 0 Å². The average Bonchev–Trinajstić information content (AvgIpc) is 2.10. The maximum atomic E-state index is 2.43. The standard InChI is InChI=1S/C13H26/c1-11-5-4-6-12(2)8-10-13(3)9-7-11/h11-13H,4-10H2,1-3H3. The molecule has 13 heavy (non-hydrogen) atoms. The largest absolute Gasteiger partial charge is 0.0625 e. The zero-order chi connectivity index (χ0) is 9.68. The summed E-state index contributed by atoms with van der Waals surface area (Å²) < 4.78 is 0. The maximum Gasteiger partial charge on any atom is -0.0443 e. The summed E-state index contributed by atoms with van der Waals surface area (Å²) in [5.41, 5.74) is 0. The van der Waals surface area contributed by atoms with Gasteiger partial charge in [0.25, 0.3) is 0 Å². The van der Waals surface area contributed by atoms with E-state index >= 15 is 0 Å². The second kappa shape index (κ2) is 5.67. The lowest BCUT2D eigenvalue weighted by atomic mass is 9.85. The fourth-order valence-electron chi connectivity index (χ4n) is 2.39. The first-order valence-corrected chi connectivity index (χ1v) is 6.18. The lowest BCUT2D eigenvalue weighted by Crippen LogP contribution is -2.06. The first-order chi connectivity index (χ1) is 6.18. The summed E-state index contributed by atoms with van der Waals surface area (Å²) in [4.78, 5) is 0.